The minimum Gasteiger partial charge on any atom is -0.314 e. The van der Waals surface area contributed by atoms with E-state index >= 15 is 0 Å². The molecule has 146 valence electrons. The first-order chi connectivity index (χ1) is 14.7. The monoisotopic (exact) mass is 388 g/mol. The topological polar surface area (TPSA) is 27.0 Å². The van der Waals surface area contributed by atoms with E-state index < -0.39 is 0 Å². The van der Waals surface area contributed by atoms with Crippen LogP contribution in [0, 0.1) is 17.2 Å². The fraction of sp³-hybridized carbons (Fsp3) is 0.107. The van der Waals surface area contributed by atoms with Crippen LogP contribution in [0.4, 0.5) is 11.4 Å². The number of nitrogens with zero attached hydrogens (tertiary/aromatic N) is 2. The highest BCUT2D eigenvalue weighted by molar-refractivity contribution is 5.74. The van der Waals surface area contributed by atoms with Crippen molar-refractivity contribution in [3.63, 3.8) is 0 Å². The molecular formula is C28H24N2. The van der Waals surface area contributed by atoms with Crippen molar-refractivity contribution in [3.05, 3.63) is 114 Å². The summed E-state index contributed by atoms with van der Waals surface area (Å²) in [6.45, 7) is 6.10. The van der Waals surface area contributed by atoms with Crippen LogP contribution in [0.2, 0.25) is 0 Å². The van der Waals surface area contributed by atoms with Crippen LogP contribution in [0.1, 0.15) is 24.5 Å². The second-order valence-corrected chi connectivity index (χ2v) is 7.59. The molecule has 4 rings (SSSR count). The van der Waals surface area contributed by atoms with E-state index in [-0.39, 0.29) is 0 Å². The summed E-state index contributed by atoms with van der Waals surface area (Å²) in [5.74, 6) is 0.507. The third-order valence-corrected chi connectivity index (χ3v) is 5.38. The van der Waals surface area contributed by atoms with Crippen molar-refractivity contribution in [2.75, 3.05) is 4.90 Å². The smallest absolute Gasteiger partial charge is 0.0991 e. The van der Waals surface area contributed by atoms with Gasteiger partial charge in [0.1, 0.15) is 0 Å². The molecule has 0 spiro atoms. The zero-order valence-corrected chi connectivity index (χ0v) is 17.1. The molecule has 3 aromatic rings. The van der Waals surface area contributed by atoms with Crippen molar-refractivity contribution in [1.29, 1.82) is 5.26 Å². The largest absolute Gasteiger partial charge is 0.314 e. The van der Waals surface area contributed by atoms with Gasteiger partial charge in [0.05, 0.1) is 11.6 Å². The zero-order chi connectivity index (χ0) is 20.9. The zero-order valence-electron chi connectivity index (χ0n) is 17.1. The number of nitriles is 1. The highest BCUT2D eigenvalue weighted by atomic mass is 15.1. The first-order valence-electron chi connectivity index (χ1n) is 10.2. The molecule has 0 radical (unpaired) electrons. The van der Waals surface area contributed by atoms with Crippen molar-refractivity contribution in [3.8, 4) is 17.2 Å². The Hall–Kier alpha value is -3.83. The summed E-state index contributed by atoms with van der Waals surface area (Å²) in [4.78, 5) is 2.32. The van der Waals surface area contributed by atoms with Crippen LogP contribution < -0.4 is 4.90 Å². The molecule has 0 aliphatic heterocycles. The Morgan fingerprint density at radius 2 is 1.67 bits per heavy atom. The molecule has 30 heavy (non-hydrogen) atoms. The quantitative estimate of drug-likeness (QED) is 0.453. The molecule has 0 amide bonds. The van der Waals surface area contributed by atoms with Crippen LogP contribution in [0.15, 0.2) is 103 Å². The van der Waals surface area contributed by atoms with Gasteiger partial charge in [0, 0.05) is 17.1 Å². The van der Waals surface area contributed by atoms with Gasteiger partial charge in [-0.3, -0.25) is 0 Å². The number of benzene rings is 3. The van der Waals surface area contributed by atoms with Gasteiger partial charge >= 0.3 is 0 Å². The maximum absolute atomic E-state index is 9.18. The lowest BCUT2D eigenvalue weighted by Crippen LogP contribution is -2.19. The normalized spacial score (nSPS) is 15.2. The van der Waals surface area contributed by atoms with Crippen LogP contribution in [0.3, 0.4) is 0 Å². The van der Waals surface area contributed by atoms with Crippen molar-refractivity contribution in [2.45, 2.75) is 13.3 Å². The Morgan fingerprint density at radius 1 is 0.967 bits per heavy atom. The molecule has 0 N–H and O–H groups in total. The van der Waals surface area contributed by atoms with E-state index in [9.17, 15) is 5.26 Å². The van der Waals surface area contributed by atoms with E-state index in [4.69, 9.17) is 0 Å². The number of allylic oxidation sites excluding steroid dienone is 4. The minimum absolute atomic E-state index is 0.507. The van der Waals surface area contributed by atoms with Gasteiger partial charge in [-0.1, -0.05) is 68.1 Å². The standard InChI is InChI=1S/C28H24N2/c1-3-22-10-14-26(15-11-22)30(28-9-4-6-21(2)18-28)27-16-12-24(13-17-27)25-8-5-7-23(19-25)20-29/h3-17,19,21H,1,18H2,2H3. The van der Waals surface area contributed by atoms with Crippen LogP contribution in [0.5, 0.6) is 0 Å². The Labute approximate surface area is 178 Å². The van der Waals surface area contributed by atoms with Gasteiger partial charge in [-0.15, -0.1) is 0 Å². The van der Waals surface area contributed by atoms with E-state index in [2.05, 4.69) is 91.2 Å². The van der Waals surface area contributed by atoms with Crippen molar-refractivity contribution in [1.82, 2.24) is 0 Å². The van der Waals surface area contributed by atoms with Gasteiger partial charge in [-0.05, 0) is 71.5 Å². The molecule has 1 aliphatic carbocycles. The van der Waals surface area contributed by atoms with Gasteiger partial charge in [0.25, 0.3) is 0 Å². The lowest BCUT2D eigenvalue weighted by atomic mass is 9.98. The van der Waals surface area contributed by atoms with E-state index in [1.807, 2.05) is 30.3 Å². The highest BCUT2D eigenvalue weighted by Crippen LogP contribution is 2.35. The Morgan fingerprint density at radius 3 is 2.30 bits per heavy atom. The van der Waals surface area contributed by atoms with Crippen molar-refractivity contribution in [2.24, 2.45) is 5.92 Å². The molecule has 1 aliphatic rings. The van der Waals surface area contributed by atoms with Gasteiger partial charge in [0.15, 0.2) is 0 Å². The molecular weight excluding hydrogens is 364 g/mol. The molecule has 3 aromatic carbocycles. The molecule has 0 saturated carbocycles. The fourth-order valence-electron chi connectivity index (χ4n) is 3.80. The lowest BCUT2D eigenvalue weighted by molar-refractivity contribution is 0.696. The molecule has 0 heterocycles. The Bertz CT molecular complexity index is 1140. The van der Waals surface area contributed by atoms with Crippen molar-refractivity contribution < 1.29 is 0 Å². The summed E-state index contributed by atoms with van der Waals surface area (Å²) < 4.78 is 0. The molecule has 2 nitrogen and oxygen atoms in total. The van der Waals surface area contributed by atoms with Crippen LogP contribution in [-0.2, 0) is 0 Å². The predicted octanol–water partition coefficient (Wildman–Crippen LogP) is 7.49. The van der Waals surface area contributed by atoms with Gasteiger partial charge < -0.3 is 4.90 Å². The molecule has 1 unspecified atom stereocenters. The van der Waals surface area contributed by atoms with Crippen LogP contribution >= 0.6 is 0 Å². The highest BCUT2D eigenvalue weighted by Gasteiger charge is 2.18. The second kappa shape index (κ2) is 8.68. The predicted molar refractivity (Wildman–Crippen MR) is 126 cm³/mol. The molecule has 0 fully saturated rings. The number of rotatable bonds is 5. The SMILES string of the molecule is C=Cc1ccc(N(C2=CC=CC(C)C2)c2ccc(-c3cccc(C#N)c3)cc2)cc1. The summed E-state index contributed by atoms with van der Waals surface area (Å²) in [7, 11) is 0. The summed E-state index contributed by atoms with van der Waals surface area (Å²) in [5.41, 5.74) is 7.46. The van der Waals surface area contributed by atoms with Crippen LogP contribution in [0.25, 0.3) is 17.2 Å². The third-order valence-electron chi connectivity index (χ3n) is 5.38. The molecule has 0 saturated heterocycles. The van der Waals surface area contributed by atoms with E-state index in [1.54, 1.807) is 0 Å². The van der Waals surface area contributed by atoms with E-state index in [1.165, 1.54) is 5.70 Å². The van der Waals surface area contributed by atoms with Gasteiger partial charge in [-0.25, -0.2) is 0 Å². The molecule has 2 heteroatoms. The summed E-state index contributed by atoms with van der Waals surface area (Å²) in [6, 6.07) is 27.0. The molecule has 0 aromatic heterocycles. The van der Waals surface area contributed by atoms with E-state index in [0.29, 0.717) is 11.5 Å². The minimum atomic E-state index is 0.507. The third kappa shape index (κ3) is 4.11. The van der Waals surface area contributed by atoms with Crippen molar-refractivity contribution >= 4 is 17.5 Å². The van der Waals surface area contributed by atoms with Crippen LogP contribution in [-0.4, -0.2) is 0 Å². The van der Waals surface area contributed by atoms with Gasteiger partial charge in [-0.2, -0.15) is 5.26 Å². The Balaban J connectivity index is 1.73. The number of anilines is 2. The molecule has 1 atom stereocenters. The second-order valence-electron chi connectivity index (χ2n) is 7.59. The first-order valence-corrected chi connectivity index (χ1v) is 10.2. The number of hydrogen-bond acceptors (Lipinski definition) is 2. The summed E-state index contributed by atoms with van der Waals surface area (Å²) >= 11 is 0. The average molecular weight is 389 g/mol. The fourth-order valence-corrected chi connectivity index (χ4v) is 3.80. The average Bonchev–Trinajstić information content (AvgIpc) is 2.80. The molecule has 0 bridgehead atoms. The summed E-state index contributed by atoms with van der Waals surface area (Å²) in [6.07, 6.45) is 9.45. The maximum atomic E-state index is 9.18. The first kappa shape index (κ1) is 19.5. The lowest BCUT2D eigenvalue weighted by Gasteiger charge is -2.30. The Kier molecular flexibility index (Phi) is 5.63. The van der Waals surface area contributed by atoms with Gasteiger partial charge in [0.2, 0.25) is 0 Å². The maximum Gasteiger partial charge on any atom is 0.0991 e. The summed E-state index contributed by atoms with van der Waals surface area (Å²) in [5, 5.41) is 9.18. The van der Waals surface area contributed by atoms with E-state index in [0.717, 1.165) is 34.5 Å². The number of hydrogen-bond donors (Lipinski definition) is 0.